The second-order valence-electron chi connectivity index (χ2n) is 7.86. The van der Waals surface area contributed by atoms with Gasteiger partial charge in [0.15, 0.2) is 11.0 Å². The lowest BCUT2D eigenvalue weighted by Gasteiger charge is -2.09. The number of carbonyl (C=O) groups excluding carboxylic acids is 3. The molecule has 0 saturated heterocycles. The first-order chi connectivity index (χ1) is 17.8. The van der Waals surface area contributed by atoms with Crippen LogP contribution in [0, 0.1) is 6.92 Å². The van der Waals surface area contributed by atoms with Crippen LogP contribution in [0.15, 0.2) is 29.4 Å². The van der Waals surface area contributed by atoms with Crippen molar-refractivity contribution in [3.8, 4) is 17.1 Å². The highest BCUT2D eigenvalue weighted by Crippen LogP contribution is 2.34. The fourth-order valence-electron chi connectivity index (χ4n) is 3.46. The summed E-state index contributed by atoms with van der Waals surface area (Å²) >= 11 is 2.19. The summed E-state index contributed by atoms with van der Waals surface area (Å²) in [6, 6.07) is 7.69. The van der Waals surface area contributed by atoms with E-state index in [2.05, 4.69) is 22.4 Å². The van der Waals surface area contributed by atoms with Crippen LogP contribution in [0.1, 0.15) is 52.3 Å². The summed E-state index contributed by atoms with van der Waals surface area (Å²) in [6.07, 6.45) is 2.08. The molecule has 0 saturated carbocycles. The Hall–Kier alpha value is -3.38. The number of amides is 1. The van der Waals surface area contributed by atoms with Gasteiger partial charge in [-0.1, -0.05) is 25.1 Å². The Balaban J connectivity index is 1.71. The van der Waals surface area contributed by atoms with Crippen LogP contribution >= 0.6 is 23.1 Å². The van der Waals surface area contributed by atoms with E-state index in [4.69, 9.17) is 14.2 Å². The van der Waals surface area contributed by atoms with Crippen molar-refractivity contribution in [3.63, 3.8) is 0 Å². The topological polar surface area (TPSA) is 122 Å². The fraction of sp³-hybridized carbons (Fsp3) is 0.400. The molecule has 3 rings (SSSR count). The van der Waals surface area contributed by atoms with Crippen LogP contribution in [0.5, 0.6) is 5.75 Å². The Labute approximate surface area is 223 Å². The van der Waals surface area contributed by atoms with Gasteiger partial charge in [-0.3, -0.25) is 4.79 Å². The van der Waals surface area contributed by atoms with Crippen molar-refractivity contribution in [2.75, 3.05) is 31.9 Å². The molecular formula is C25H30N4O6S2. The highest BCUT2D eigenvalue weighted by molar-refractivity contribution is 7.99. The Morgan fingerprint density at radius 3 is 2.38 bits per heavy atom. The van der Waals surface area contributed by atoms with E-state index in [1.54, 1.807) is 6.92 Å². The molecule has 198 valence electrons. The van der Waals surface area contributed by atoms with Gasteiger partial charge < -0.3 is 24.1 Å². The fourth-order valence-corrected chi connectivity index (χ4v) is 5.39. The number of aromatic nitrogens is 3. The number of methoxy groups -OCH3 is 2. The van der Waals surface area contributed by atoms with Gasteiger partial charge in [0, 0.05) is 12.1 Å². The average Bonchev–Trinajstić information content (AvgIpc) is 3.47. The molecule has 1 amide bonds. The van der Waals surface area contributed by atoms with Gasteiger partial charge in [-0.15, -0.1) is 21.5 Å². The Bertz CT molecular complexity index is 1250. The number of benzene rings is 1. The molecule has 0 spiro atoms. The third kappa shape index (κ3) is 6.69. The molecule has 0 atom stereocenters. The maximum absolute atomic E-state index is 12.8. The molecule has 1 aromatic carbocycles. The Morgan fingerprint density at radius 2 is 1.76 bits per heavy atom. The van der Waals surface area contributed by atoms with Crippen molar-refractivity contribution in [2.24, 2.45) is 0 Å². The van der Waals surface area contributed by atoms with Crippen molar-refractivity contribution in [3.05, 3.63) is 40.3 Å². The van der Waals surface area contributed by atoms with Crippen LogP contribution in [0.3, 0.4) is 0 Å². The number of ether oxygens (including phenoxy) is 3. The van der Waals surface area contributed by atoms with Crippen molar-refractivity contribution in [1.29, 1.82) is 0 Å². The molecule has 0 fully saturated rings. The lowest BCUT2D eigenvalue weighted by molar-refractivity contribution is -0.113. The molecule has 12 heteroatoms. The molecule has 1 N–H and O–H groups in total. The summed E-state index contributed by atoms with van der Waals surface area (Å²) in [7, 11) is 2.49. The summed E-state index contributed by atoms with van der Waals surface area (Å²) in [5.41, 5.74) is 1.41. The maximum atomic E-state index is 12.8. The number of nitrogens with one attached hydrogen (secondary N) is 1. The molecule has 0 unspecified atom stereocenters. The summed E-state index contributed by atoms with van der Waals surface area (Å²) in [6.45, 7) is 6.99. The van der Waals surface area contributed by atoms with E-state index in [1.165, 1.54) is 26.0 Å². The molecule has 37 heavy (non-hydrogen) atoms. The standard InChI is InChI=1S/C25H30N4O6S2/c1-6-8-13-35-17-11-9-16(10-12-17)21-27-28-25(29(21)7-2)36-14-18(30)26-22-19(23(31)33-4)15(3)20(37-22)24(32)34-5/h9-12H,6-8,13-14H2,1-5H3,(H,26,30). The molecule has 2 heterocycles. The van der Waals surface area contributed by atoms with E-state index >= 15 is 0 Å². The minimum absolute atomic E-state index is 0.0213. The molecule has 10 nitrogen and oxygen atoms in total. The van der Waals surface area contributed by atoms with Crippen molar-refractivity contribution in [2.45, 2.75) is 45.3 Å². The monoisotopic (exact) mass is 546 g/mol. The number of nitrogens with zero attached hydrogens (tertiary/aromatic N) is 3. The van der Waals surface area contributed by atoms with Crippen LogP contribution in [0.4, 0.5) is 5.00 Å². The predicted octanol–water partition coefficient (Wildman–Crippen LogP) is 4.82. The second kappa shape index (κ2) is 13.2. The number of thioether (sulfide) groups is 1. The van der Waals surface area contributed by atoms with E-state index < -0.39 is 11.9 Å². The number of carbonyl (C=O) groups is 3. The molecule has 3 aromatic rings. The van der Waals surface area contributed by atoms with Crippen LogP contribution in [-0.2, 0) is 20.8 Å². The molecule has 0 bridgehead atoms. The van der Waals surface area contributed by atoms with E-state index in [-0.39, 0.29) is 27.1 Å². The summed E-state index contributed by atoms with van der Waals surface area (Å²) < 4.78 is 17.3. The quantitative estimate of drug-likeness (QED) is 0.194. The van der Waals surface area contributed by atoms with Gasteiger partial charge in [0.2, 0.25) is 5.91 Å². The van der Waals surface area contributed by atoms with Crippen LogP contribution in [0.2, 0.25) is 0 Å². The largest absolute Gasteiger partial charge is 0.494 e. The van der Waals surface area contributed by atoms with Crippen molar-refractivity contribution < 1.29 is 28.6 Å². The van der Waals surface area contributed by atoms with Crippen LogP contribution in [0.25, 0.3) is 11.4 Å². The highest BCUT2D eigenvalue weighted by atomic mass is 32.2. The van der Waals surface area contributed by atoms with E-state index in [0.29, 0.717) is 29.7 Å². The smallest absolute Gasteiger partial charge is 0.348 e. The molecule has 0 radical (unpaired) electrons. The first-order valence-corrected chi connectivity index (χ1v) is 13.5. The van der Waals surface area contributed by atoms with Crippen molar-refractivity contribution >= 4 is 45.9 Å². The maximum Gasteiger partial charge on any atom is 0.348 e. The van der Waals surface area contributed by atoms with Gasteiger partial charge in [0.05, 0.1) is 32.1 Å². The number of unbranched alkanes of at least 4 members (excludes halogenated alkanes) is 1. The number of hydrogen-bond acceptors (Lipinski definition) is 10. The average molecular weight is 547 g/mol. The highest BCUT2D eigenvalue weighted by Gasteiger charge is 2.27. The normalized spacial score (nSPS) is 10.7. The first kappa shape index (κ1) is 28.2. The van der Waals surface area contributed by atoms with E-state index in [1.807, 2.05) is 35.8 Å². The van der Waals surface area contributed by atoms with Crippen LogP contribution in [-0.4, -0.2) is 59.2 Å². The Morgan fingerprint density at radius 1 is 1.05 bits per heavy atom. The van der Waals surface area contributed by atoms with E-state index in [9.17, 15) is 14.4 Å². The minimum atomic E-state index is -0.649. The molecule has 0 aliphatic rings. The van der Waals surface area contributed by atoms with Crippen molar-refractivity contribution in [1.82, 2.24) is 14.8 Å². The molecular weight excluding hydrogens is 516 g/mol. The van der Waals surface area contributed by atoms with Gasteiger partial charge in [0.1, 0.15) is 15.6 Å². The lowest BCUT2D eigenvalue weighted by atomic mass is 10.1. The van der Waals surface area contributed by atoms with Gasteiger partial charge in [-0.25, -0.2) is 9.59 Å². The second-order valence-corrected chi connectivity index (χ2v) is 9.82. The summed E-state index contributed by atoms with van der Waals surface area (Å²) in [5.74, 6) is -0.0936. The van der Waals surface area contributed by atoms with Gasteiger partial charge in [0.25, 0.3) is 0 Å². The van der Waals surface area contributed by atoms with Crippen LogP contribution < -0.4 is 10.1 Å². The third-order valence-corrected chi connectivity index (χ3v) is 7.56. The molecule has 2 aromatic heterocycles. The van der Waals surface area contributed by atoms with E-state index in [0.717, 1.165) is 35.5 Å². The zero-order chi connectivity index (χ0) is 26.9. The number of thiophene rings is 1. The third-order valence-electron chi connectivity index (χ3n) is 5.40. The zero-order valence-corrected chi connectivity index (χ0v) is 23.1. The number of esters is 2. The lowest BCUT2D eigenvalue weighted by Crippen LogP contribution is -2.16. The van der Waals surface area contributed by atoms with Gasteiger partial charge in [-0.05, 0) is 50.1 Å². The number of anilines is 1. The van der Waals surface area contributed by atoms with Gasteiger partial charge in [-0.2, -0.15) is 0 Å². The minimum Gasteiger partial charge on any atom is -0.494 e. The Kier molecular flexibility index (Phi) is 10.1. The molecule has 0 aliphatic carbocycles. The number of rotatable bonds is 12. The van der Waals surface area contributed by atoms with Gasteiger partial charge >= 0.3 is 11.9 Å². The predicted molar refractivity (Wildman–Crippen MR) is 143 cm³/mol. The summed E-state index contributed by atoms with van der Waals surface area (Å²) in [4.78, 5) is 37.4. The summed E-state index contributed by atoms with van der Waals surface area (Å²) in [5, 5.41) is 12.1. The SMILES string of the molecule is CCCCOc1ccc(-c2nnc(SCC(=O)Nc3sc(C(=O)OC)c(C)c3C(=O)OC)n2CC)cc1. The zero-order valence-electron chi connectivity index (χ0n) is 21.5. The number of hydrogen-bond donors (Lipinski definition) is 1. The molecule has 0 aliphatic heterocycles. The first-order valence-electron chi connectivity index (χ1n) is 11.7.